The van der Waals surface area contributed by atoms with Gasteiger partial charge in [0.05, 0.1) is 5.60 Å². The highest BCUT2D eigenvalue weighted by atomic mass is 16.7. The third-order valence-corrected chi connectivity index (χ3v) is 3.08. The molecule has 0 aromatic carbocycles. The minimum absolute atomic E-state index is 0.0692. The van der Waals surface area contributed by atoms with E-state index in [4.69, 9.17) is 4.84 Å². The van der Waals surface area contributed by atoms with Crippen molar-refractivity contribution in [3.05, 3.63) is 0 Å². The average molecular weight is 213 g/mol. The zero-order valence-corrected chi connectivity index (χ0v) is 10.8. The van der Waals surface area contributed by atoms with E-state index in [-0.39, 0.29) is 5.60 Å². The minimum Gasteiger partial charge on any atom is -0.296 e. The molecule has 15 heavy (non-hydrogen) atoms. The van der Waals surface area contributed by atoms with Gasteiger partial charge in [-0.3, -0.25) is 4.84 Å². The summed E-state index contributed by atoms with van der Waals surface area (Å²) in [6.07, 6.45) is 8.05. The van der Waals surface area contributed by atoms with Gasteiger partial charge in [0, 0.05) is 6.04 Å². The van der Waals surface area contributed by atoms with Gasteiger partial charge in [0.2, 0.25) is 0 Å². The molecule has 0 atom stereocenters. The van der Waals surface area contributed by atoms with Gasteiger partial charge in [-0.05, 0) is 52.4 Å². The van der Waals surface area contributed by atoms with Crippen LogP contribution in [0.1, 0.15) is 66.2 Å². The molecule has 0 amide bonds. The van der Waals surface area contributed by atoms with Crippen LogP contribution in [0.4, 0.5) is 0 Å². The van der Waals surface area contributed by atoms with E-state index in [1.54, 1.807) is 0 Å². The summed E-state index contributed by atoms with van der Waals surface area (Å²) >= 11 is 0. The zero-order chi connectivity index (χ0) is 11.3. The fraction of sp³-hybridized carbons (Fsp3) is 1.00. The molecule has 2 heteroatoms. The van der Waals surface area contributed by atoms with Gasteiger partial charge < -0.3 is 0 Å². The van der Waals surface area contributed by atoms with Crippen molar-refractivity contribution >= 4 is 0 Å². The molecule has 0 spiro atoms. The SMILES string of the molecule is CCCC1CCC(NOC(C)(C)C)CC1. The van der Waals surface area contributed by atoms with Crippen LogP contribution in [0.15, 0.2) is 0 Å². The summed E-state index contributed by atoms with van der Waals surface area (Å²) in [6, 6.07) is 0.581. The summed E-state index contributed by atoms with van der Waals surface area (Å²) < 4.78 is 0. The second kappa shape index (κ2) is 5.86. The van der Waals surface area contributed by atoms with Crippen molar-refractivity contribution in [2.24, 2.45) is 5.92 Å². The summed E-state index contributed by atoms with van der Waals surface area (Å²) in [6.45, 7) is 8.54. The number of hydrogen-bond acceptors (Lipinski definition) is 2. The van der Waals surface area contributed by atoms with Crippen LogP contribution in [0.2, 0.25) is 0 Å². The number of hydrogen-bond donors (Lipinski definition) is 1. The number of nitrogens with one attached hydrogen (secondary N) is 1. The van der Waals surface area contributed by atoms with E-state index in [9.17, 15) is 0 Å². The van der Waals surface area contributed by atoms with Crippen LogP contribution in [0, 0.1) is 5.92 Å². The smallest absolute Gasteiger partial charge is 0.0813 e. The Bertz CT molecular complexity index is 166. The molecule has 1 rings (SSSR count). The Balaban J connectivity index is 2.15. The Morgan fingerprint density at radius 3 is 2.20 bits per heavy atom. The molecular weight excluding hydrogens is 186 g/mol. The van der Waals surface area contributed by atoms with Crippen molar-refractivity contribution < 1.29 is 4.84 Å². The van der Waals surface area contributed by atoms with Crippen molar-refractivity contribution in [3.8, 4) is 0 Å². The molecule has 0 aromatic rings. The van der Waals surface area contributed by atoms with Gasteiger partial charge in [0.15, 0.2) is 0 Å². The van der Waals surface area contributed by atoms with Crippen LogP contribution < -0.4 is 5.48 Å². The molecule has 1 aliphatic rings. The molecule has 0 unspecified atom stereocenters. The first kappa shape index (κ1) is 13.0. The summed E-state index contributed by atoms with van der Waals surface area (Å²) in [5.74, 6) is 0.975. The average Bonchev–Trinajstić information content (AvgIpc) is 2.16. The Kier molecular flexibility index (Phi) is 5.07. The highest BCUT2D eigenvalue weighted by Gasteiger charge is 2.22. The highest BCUT2D eigenvalue weighted by Crippen LogP contribution is 2.27. The molecule has 0 saturated heterocycles. The standard InChI is InChI=1S/C13H27NO/c1-5-6-11-7-9-12(10-8-11)14-15-13(2,3)4/h11-12,14H,5-10H2,1-4H3. The van der Waals surface area contributed by atoms with Crippen molar-refractivity contribution in [1.82, 2.24) is 5.48 Å². The van der Waals surface area contributed by atoms with Crippen molar-refractivity contribution in [2.75, 3.05) is 0 Å². The van der Waals surface area contributed by atoms with Crippen molar-refractivity contribution in [2.45, 2.75) is 77.9 Å². The van der Waals surface area contributed by atoms with Crippen LogP contribution in [-0.2, 0) is 4.84 Å². The maximum atomic E-state index is 5.61. The van der Waals surface area contributed by atoms with Gasteiger partial charge in [-0.2, -0.15) is 5.48 Å². The van der Waals surface area contributed by atoms with Crippen LogP contribution in [-0.4, -0.2) is 11.6 Å². The van der Waals surface area contributed by atoms with E-state index >= 15 is 0 Å². The molecular formula is C13H27NO. The molecule has 0 aromatic heterocycles. The molecule has 90 valence electrons. The van der Waals surface area contributed by atoms with Gasteiger partial charge in [0.25, 0.3) is 0 Å². The molecule has 1 aliphatic carbocycles. The Morgan fingerprint density at radius 2 is 1.73 bits per heavy atom. The van der Waals surface area contributed by atoms with Gasteiger partial charge in [0.1, 0.15) is 0 Å². The van der Waals surface area contributed by atoms with Crippen LogP contribution >= 0.6 is 0 Å². The number of hydroxylamine groups is 1. The largest absolute Gasteiger partial charge is 0.296 e. The van der Waals surface area contributed by atoms with E-state index in [0.717, 1.165) is 5.92 Å². The molecule has 2 nitrogen and oxygen atoms in total. The van der Waals surface area contributed by atoms with Crippen molar-refractivity contribution in [1.29, 1.82) is 0 Å². The molecule has 1 N–H and O–H groups in total. The van der Waals surface area contributed by atoms with E-state index < -0.39 is 0 Å². The summed E-state index contributed by atoms with van der Waals surface area (Å²) in [7, 11) is 0. The summed E-state index contributed by atoms with van der Waals surface area (Å²) in [5, 5.41) is 0. The molecule has 0 aliphatic heterocycles. The first-order valence-corrected chi connectivity index (χ1v) is 6.45. The van der Waals surface area contributed by atoms with Gasteiger partial charge >= 0.3 is 0 Å². The molecule has 0 bridgehead atoms. The second-order valence-electron chi connectivity index (χ2n) is 5.84. The Labute approximate surface area is 94.7 Å². The molecule has 1 fully saturated rings. The summed E-state index contributed by atoms with van der Waals surface area (Å²) in [4.78, 5) is 5.61. The lowest BCUT2D eigenvalue weighted by molar-refractivity contribution is -0.0941. The van der Waals surface area contributed by atoms with E-state index in [2.05, 4.69) is 33.2 Å². The Hall–Kier alpha value is -0.0800. The maximum Gasteiger partial charge on any atom is 0.0813 e. The van der Waals surface area contributed by atoms with Gasteiger partial charge in [-0.25, -0.2) is 0 Å². The van der Waals surface area contributed by atoms with Gasteiger partial charge in [-0.1, -0.05) is 19.8 Å². The zero-order valence-electron chi connectivity index (χ0n) is 10.8. The highest BCUT2D eigenvalue weighted by molar-refractivity contribution is 4.75. The lowest BCUT2D eigenvalue weighted by Gasteiger charge is -2.31. The van der Waals surface area contributed by atoms with E-state index in [1.165, 1.54) is 38.5 Å². The lowest BCUT2D eigenvalue weighted by Crippen LogP contribution is -2.38. The lowest BCUT2D eigenvalue weighted by atomic mass is 9.84. The first-order chi connectivity index (χ1) is 7.01. The predicted octanol–water partition coefficient (Wildman–Crippen LogP) is 3.67. The predicted molar refractivity (Wildman–Crippen MR) is 64.6 cm³/mol. The molecule has 0 radical (unpaired) electrons. The fourth-order valence-electron chi connectivity index (χ4n) is 2.24. The number of rotatable bonds is 4. The maximum absolute atomic E-state index is 5.61. The fourth-order valence-corrected chi connectivity index (χ4v) is 2.24. The first-order valence-electron chi connectivity index (χ1n) is 6.45. The van der Waals surface area contributed by atoms with Gasteiger partial charge in [-0.15, -0.1) is 0 Å². The Morgan fingerprint density at radius 1 is 1.13 bits per heavy atom. The van der Waals surface area contributed by atoms with E-state index in [1.807, 2.05) is 0 Å². The normalized spacial score (nSPS) is 28.0. The quantitative estimate of drug-likeness (QED) is 0.719. The third-order valence-electron chi connectivity index (χ3n) is 3.08. The summed E-state index contributed by atoms with van der Waals surface area (Å²) in [5.41, 5.74) is 3.16. The van der Waals surface area contributed by atoms with E-state index in [0.29, 0.717) is 6.04 Å². The topological polar surface area (TPSA) is 21.3 Å². The van der Waals surface area contributed by atoms with Crippen LogP contribution in [0.25, 0.3) is 0 Å². The van der Waals surface area contributed by atoms with Crippen LogP contribution in [0.5, 0.6) is 0 Å². The second-order valence-corrected chi connectivity index (χ2v) is 5.84. The van der Waals surface area contributed by atoms with Crippen molar-refractivity contribution in [3.63, 3.8) is 0 Å². The monoisotopic (exact) mass is 213 g/mol. The van der Waals surface area contributed by atoms with Crippen LogP contribution in [0.3, 0.4) is 0 Å². The third kappa shape index (κ3) is 5.53. The minimum atomic E-state index is -0.0692. The molecule has 1 saturated carbocycles. The molecule has 0 heterocycles.